The second-order valence-corrected chi connectivity index (χ2v) is 5.18. The summed E-state index contributed by atoms with van der Waals surface area (Å²) in [4.78, 5) is 0.244. The molecule has 1 heterocycles. The molecule has 1 aromatic rings. The fraction of sp³-hybridized carbons (Fsp3) is 0.625. The van der Waals surface area contributed by atoms with Crippen molar-refractivity contribution in [3.63, 3.8) is 0 Å². The lowest BCUT2D eigenvalue weighted by atomic mass is 10.4. The Bertz CT molecular complexity index is 420. The molecule has 1 aromatic heterocycles. The molecule has 0 amide bonds. The molecule has 0 aliphatic carbocycles. The lowest BCUT2D eigenvalue weighted by molar-refractivity contribution is 0.569. The van der Waals surface area contributed by atoms with E-state index in [1.165, 1.54) is 10.9 Å². The van der Waals surface area contributed by atoms with Gasteiger partial charge < -0.3 is 0 Å². The molecule has 0 radical (unpaired) electrons. The minimum absolute atomic E-state index is 0.111. The van der Waals surface area contributed by atoms with Crippen LogP contribution in [0.2, 0.25) is 0 Å². The SMILES string of the molecule is Cc1c(S(=O)(=O)NC(C)C)cnn1C. The number of aryl methyl sites for hydroxylation is 1. The minimum atomic E-state index is -3.40. The van der Waals surface area contributed by atoms with E-state index in [-0.39, 0.29) is 10.9 Å². The third kappa shape index (κ3) is 2.13. The third-order valence-corrected chi connectivity index (χ3v) is 3.63. The Labute approximate surface area is 84.2 Å². The Hall–Kier alpha value is -0.880. The molecule has 0 atom stereocenters. The third-order valence-electron chi connectivity index (χ3n) is 1.87. The molecule has 0 fully saturated rings. The zero-order valence-corrected chi connectivity index (χ0v) is 9.59. The van der Waals surface area contributed by atoms with Gasteiger partial charge in [0.05, 0.1) is 11.9 Å². The second-order valence-electron chi connectivity index (χ2n) is 3.49. The largest absolute Gasteiger partial charge is 0.272 e. The summed E-state index contributed by atoms with van der Waals surface area (Å²) in [5.74, 6) is 0. The number of rotatable bonds is 3. The van der Waals surface area contributed by atoms with Crippen LogP contribution in [0, 0.1) is 6.92 Å². The molecule has 6 heteroatoms. The van der Waals surface area contributed by atoms with Gasteiger partial charge in [0.25, 0.3) is 0 Å². The van der Waals surface area contributed by atoms with Crippen LogP contribution in [0.3, 0.4) is 0 Å². The van der Waals surface area contributed by atoms with Gasteiger partial charge in [-0.15, -0.1) is 0 Å². The zero-order chi connectivity index (χ0) is 10.9. The maximum absolute atomic E-state index is 11.7. The maximum Gasteiger partial charge on any atom is 0.244 e. The first-order valence-electron chi connectivity index (χ1n) is 4.35. The Morgan fingerprint density at radius 3 is 2.43 bits per heavy atom. The average molecular weight is 217 g/mol. The molecule has 0 aliphatic rings. The average Bonchev–Trinajstić information content (AvgIpc) is 2.30. The Balaban J connectivity index is 3.11. The quantitative estimate of drug-likeness (QED) is 0.798. The Morgan fingerprint density at radius 1 is 1.50 bits per heavy atom. The fourth-order valence-electron chi connectivity index (χ4n) is 1.12. The molecule has 0 unspecified atom stereocenters. The van der Waals surface area contributed by atoms with Gasteiger partial charge in [-0.1, -0.05) is 0 Å². The lowest BCUT2D eigenvalue weighted by Crippen LogP contribution is -2.30. The van der Waals surface area contributed by atoms with Crippen molar-refractivity contribution in [2.24, 2.45) is 7.05 Å². The Kier molecular flexibility index (Phi) is 2.96. The summed E-state index contributed by atoms with van der Waals surface area (Å²) in [5.41, 5.74) is 0.637. The van der Waals surface area contributed by atoms with Crippen LogP contribution in [-0.4, -0.2) is 24.2 Å². The molecule has 0 bridgehead atoms. The van der Waals surface area contributed by atoms with Gasteiger partial charge in [-0.3, -0.25) is 4.68 Å². The number of aromatic nitrogens is 2. The van der Waals surface area contributed by atoms with Gasteiger partial charge in [0.15, 0.2) is 0 Å². The topological polar surface area (TPSA) is 64.0 Å². The van der Waals surface area contributed by atoms with Crippen molar-refractivity contribution >= 4 is 10.0 Å². The molecule has 14 heavy (non-hydrogen) atoms. The molecular formula is C8H15N3O2S. The number of nitrogens with one attached hydrogen (secondary N) is 1. The van der Waals surface area contributed by atoms with Gasteiger partial charge in [0.1, 0.15) is 4.90 Å². The van der Waals surface area contributed by atoms with Crippen molar-refractivity contribution < 1.29 is 8.42 Å². The Morgan fingerprint density at radius 2 is 2.07 bits per heavy atom. The van der Waals surface area contributed by atoms with Crippen molar-refractivity contribution in [3.05, 3.63) is 11.9 Å². The smallest absolute Gasteiger partial charge is 0.244 e. The predicted molar refractivity (Wildman–Crippen MR) is 53.4 cm³/mol. The summed E-state index contributed by atoms with van der Waals surface area (Å²) in [6.45, 7) is 5.29. The molecule has 1 N–H and O–H groups in total. The van der Waals surface area contributed by atoms with Gasteiger partial charge in [-0.2, -0.15) is 5.10 Å². The van der Waals surface area contributed by atoms with E-state index in [0.717, 1.165) is 0 Å². The van der Waals surface area contributed by atoms with Crippen molar-refractivity contribution in [1.82, 2.24) is 14.5 Å². The van der Waals surface area contributed by atoms with E-state index in [0.29, 0.717) is 5.69 Å². The summed E-state index contributed by atoms with van der Waals surface area (Å²) in [6.07, 6.45) is 1.36. The molecule has 0 aromatic carbocycles. The number of nitrogens with zero attached hydrogens (tertiary/aromatic N) is 2. The van der Waals surface area contributed by atoms with Crippen LogP contribution < -0.4 is 4.72 Å². The van der Waals surface area contributed by atoms with Crippen LogP contribution in [0.1, 0.15) is 19.5 Å². The molecule has 0 aliphatic heterocycles. The highest BCUT2D eigenvalue weighted by molar-refractivity contribution is 7.89. The molecular weight excluding hydrogens is 202 g/mol. The standard InChI is InChI=1S/C8H15N3O2S/c1-6(2)10-14(12,13)8-5-9-11(4)7(8)3/h5-6,10H,1-4H3. The summed E-state index contributed by atoms with van der Waals surface area (Å²) in [7, 11) is -1.69. The van der Waals surface area contributed by atoms with Gasteiger partial charge in [-0.25, -0.2) is 13.1 Å². The van der Waals surface area contributed by atoms with E-state index in [2.05, 4.69) is 9.82 Å². The first-order valence-corrected chi connectivity index (χ1v) is 5.84. The molecule has 0 spiro atoms. The van der Waals surface area contributed by atoms with Crippen molar-refractivity contribution in [2.45, 2.75) is 31.7 Å². The van der Waals surface area contributed by atoms with E-state index in [1.54, 1.807) is 27.8 Å². The molecule has 1 rings (SSSR count). The van der Waals surface area contributed by atoms with Gasteiger partial charge in [-0.05, 0) is 20.8 Å². The van der Waals surface area contributed by atoms with E-state index in [4.69, 9.17) is 0 Å². The summed E-state index contributed by atoms with van der Waals surface area (Å²) < 4.78 is 27.5. The van der Waals surface area contributed by atoms with Crippen molar-refractivity contribution in [1.29, 1.82) is 0 Å². The summed E-state index contributed by atoms with van der Waals surface area (Å²) in [5, 5.41) is 3.89. The van der Waals surface area contributed by atoms with Crippen LogP contribution in [0.4, 0.5) is 0 Å². The fourth-order valence-corrected chi connectivity index (χ4v) is 2.57. The van der Waals surface area contributed by atoms with E-state index in [9.17, 15) is 8.42 Å². The van der Waals surface area contributed by atoms with Gasteiger partial charge in [0.2, 0.25) is 10.0 Å². The molecule has 0 saturated heterocycles. The molecule has 0 saturated carbocycles. The van der Waals surface area contributed by atoms with E-state index < -0.39 is 10.0 Å². The van der Waals surface area contributed by atoms with Crippen molar-refractivity contribution in [3.8, 4) is 0 Å². The van der Waals surface area contributed by atoms with Gasteiger partial charge >= 0.3 is 0 Å². The maximum atomic E-state index is 11.7. The van der Waals surface area contributed by atoms with Crippen molar-refractivity contribution in [2.75, 3.05) is 0 Å². The highest BCUT2D eigenvalue weighted by Gasteiger charge is 2.20. The predicted octanol–water partition coefficient (Wildman–Crippen LogP) is 0.415. The molecule has 5 nitrogen and oxygen atoms in total. The zero-order valence-electron chi connectivity index (χ0n) is 8.77. The van der Waals surface area contributed by atoms with E-state index >= 15 is 0 Å². The second kappa shape index (κ2) is 3.70. The number of hydrogen-bond acceptors (Lipinski definition) is 3. The highest BCUT2D eigenvalue weighted by Crippen LogP contribution is 2.12. The van der Waals surface area contributed by atoms with Crippen LogP contribution >= 0.6 is 0 Å². The number of hydrogen-bond donors (Lipinski definition) is 1. The summed E-state index contributed by atoms with van der Waals surface area (Å²) >= 11 is 0. The van der Waals surface area contributed by atoms with E-state index in [1.807, 2.05) is 0 Å². The van der Waals surface area contributed by atoms with Crippen LogP contribution in [0.5, 0.6) is 0 Å². The van der Waals surface area contributed by atoms with Gasteiger partial charge in [0, 0.05) is 13.1 Å². The highest BCUT2D eigenvalue weighted by atomic mass is 32.2. The first-order chi connectivity index (χ1) is 6.34. The first kappa shape index (κ1) is 11.2. The van der Waals surface area contributed by atoms with Crippen LogP contribution in [0.15, 0.2) is 11.1 Å². The lowest BCUT2D eigenvalue weighted by Gasteiger charge is -2.08. The molecule has 80 valence electrons. The normalized spacial score (nSPS) is 12.4. The van der Waals surface area contributed by atoms with Crippen LogP contribution in [-0.2, 0) is 17.1 Å². The monoisotopic (exact) mass is 217 g/mol. The minimum Gasteiger partial charge on any atom is -0.272 e. The number of sulfonamides is 1. The van der Waals surface area contributed by atoms with Crippen LogP contribution in [0.25, 0.3) is 0 Å². The summed E-state index contributed by atoms with van der Waals surface area (Å²) in [6, 6.07) is -0.111.